The maximum absolute atomic E-state index is 9.69. The molecular formula is C10H12Cl2O2. The van der Waals surface area contributed by atoms with Gasteiger partial charge in [-0.3, -0.25) is 0 Å². The Morgan fingerprint density at radius 1 is 1.36 bits per heavy atom. The number of ether oxygens (including phenoxy) is 1. The second-order valence-electron chi connectivity index (χ2n) is 2.97. The predicted octanol–water partition coefficient (Wildman–Crippen LogP) is 3.06. The molecule has 1 N–H and O–H groups in total. The van der Waals surface area contributed by atoms with Crippen molar-refractivity contribution in [1.29, 1.82) is 0 Å². The van der Waals surface area contributed by atoms with Crippen LogP contribution in [0.5, 0.6) is 0 Å². The van der Waals surface area contributed by atoms with Crippen molar-refractivity contribution in [3.8, 4) is 0 Å². The fourth-order valence-corrected chi connectivity index (χ4v) is 1.42. The molecule has 0 saturated heterocycles. The molecule has 0 radical (unpaired) electrons. The van der Waals surface area contributed by atoms with E-state index in [2.05, 4.69) is 0 Å². The number of methoxy groups -OCH3 is 1. The van der Waals surface area contributed by atoms with E-state index in [1.165, 1.54) is 0 Å². The van der Waals surface area contributed by atoms with Gasteiger partial charge in [0.15, 0.2) is 0 Å². The molecule has 0 spiro atoms. The molecule has 0 aliphatic heterocycles. The lowest BCUT2D eigenvalue weighted by Gasteiger charge is -2.10. The van der Waals surface area contributed by atoms with Crippen LogP contribution in [0, 0.1) is 0 Å². The molecule has 0 aliphatic rings. The molecule has 0 bridgehead atoms. The zero-order valence-corrected chi connectivity index (χ0v) is 9.35. The molecule has 0 fully saturated rings. The number of hydrogen-bond donors (Lipinski definition) is 1. The molecule has 14 heavy (non-hydrogen) atoms. The summed E-state index contributed by atoms with van der Waals surface area (Å²) in [5.41, 5.74) is 0.761. The zero-order chi connectivity index (χ0) is 10.6. The Kier molecular flexibility index (Phi) is 4.69. The first-order valence-electron chi connectivity index (χ1n) is 4.27. The quantitative estimate of drug-likeness (QED) is 0.868. The number of hydrogen-bond acceptors (Lipinski definition) is 2. The first kappa shape index (κ1) is 11.8. The van der Waals surface area contributed by atoms with E-state index in [4.69, 9.17) is 27.9 Å². The van der Waals surface area contributed by atoms with Crippen LogP contribution in [-0.4, -0.2) is 18.8 Å². The largest absolute Gasteiger partial charge is 0.388 e. The average Bonchev–Trinajstić information content (AvgIpc) is 2.18. The molecule has 4 heteroatoms. The third-order valence-electron chi connectivity index (χ3n) is 1.92. The summed E-state index contributed by atoms with van der Waals surface area (Å²) < 4.78 is 4.87. The predicted molar refractivity (Wildman–Crippen MR) is 57.9 cm³/mol. The summed E-state index contributed by atoms with van der Waals surface area (Å²) in [5.74, 6) is 0. The maximum Gasteiger partial charge on any atom is 0.0812 e. The van der Waals surface area contributed by atoms with Gasteiger partial charge in [0.25, 0.3) is 0 Å². The number of aliphatic hydroxyl groups excluding tert-OH is 1. The molecule has 1 unspecified atom stereocenters. The van der Waals surface area contributed by atoms with Crippen molar-refractivity contribution in [3.05, 3.63) is 33.8 Å². The number of aliphatic hydroxyl groups is 1. The normalized spacial score (nSPS) is 12.9. The second kappa shape index (κ2) is 5.56. The molecule has 0 aromatic heterocycles. The van der Waals surface area contributed by atoms with E-state index < -0.39 is 6.10 Å². The molecule has 78 valence electrons. The van der Waals surface area contributed by atoms with Crippen molar-refractivity contribution in [2.24, 2.45) is 0 Å². The summed E-state index contributed by atoms with van der Waals surface area (Å²) in [5, 5.41) is 10.6. The lowest BCUT2D eigenvalue weighted by molar-refractivity contribution is 0.110. The monoisotopic (exact) mass is 234 g/mol. The van der Waals surface area contributed by atoms with Gasteiger partial charge in [0.2, 0.25) is 0 Å². The minimum absolute atomic E-state index is 0.459. The van der Waals surface area contributed by atoms with Gasteiger partial charge in [-0.2, -0.15) is 0 Å². The molecule has 1 aromatic carbocycles. The third-order valence-corrected chi connectivity index (χ3v) is 2.66. The zero-order valence-electron chi connectivity index (χ0n) is 7.84. The topological polar surface area (TPSA) is 29.5 Å². The van der Waals surface area contributed by atoms with Gasteiger partial charge in [-0.15, -0.1) is 0 Å². The lowest BCUT2D eigenvalue weighted by atomic mass is 10.1. The summed E-state index contributed by atoms with van der Waals surface area (Å²) >= 11 is 11.6. The Morgan fingerprint density at radius 2 is 2.07 bits per heavy atom. The molecule has 1 aromatic rings. The van der Waals surface area contributed by atoms with Crippen LogP contribution in [0.25, 0.3) is 0 Å². The van der Waals surface area contributed by atoms with Crippen LogP contribution < -0.4 is 0 Å². The molecule has 0 heterocycles. The summed E-state index contributed by atoms with van der Waals surface area (Å²) in [7, 11) is 1.60. The lowest BCUT2D eigenvalue weighted by Crippen LogP contribution is -2.01. The van der Waals surface area contributed by atoms with Crippen LogP contribution in [0.2, 0.25) is 10.0 Å². The summed E-state index contributed by atoms with van der Waals surface area (Å²) in [6, 6.07) is 5.11. The highest BCUT2D eigenvalue weighted by Gasteiger charge is 2.08. The van der Waals surface area contributed by atoms with E-state index in [0.29, 0.717) is 23.1 Å². The van der Waals surface area contributed by atoms with Crippen molar-refractivity contribution in [3.63, 3.8) is 0 Å². The highest BCUT2D eigenvalue weighted by atomic mass is 35.5. The van der Waals surface area contributed by atoms with Gasteiger partial charge >= 0.3 is 0 Å². The van der Waals surface area contributed by atoms with Crippen molar-refractivity contribution < 1.29 is 9.84 Å². The van der Waals surface area contributed by atoms with Gasteiger partial charge in [-0.25, -0.2) is 0 Å². The van der Waals surface area contributed by atoms with Crippen LogP contribution >= 0.6 is 23.2 Å². The second-order valence-corrected chi connectivity index (χ2v) is 3.79. The van der Waals surface area contributed by atoms with Crippen molar-refractivity contribution in [2.75, 3.05) is 13.7 Å². The Morgan fingerprint density at radius 3 is 2.64 bits per heavy atom. The van der Waals surface area contributed by atoms with Gasteiger partial charge in [0.1, 0.15) is 0 Å². The first-order chi connectivity index (χ1) is 6.65. The van der Waals surface area contributed by atoms with Crippen molar-refractivity contribution in [2.45, 2.75) is 12.5 Å². The molecule has 0 aliphatic carbocycles. The van der Waals surface area contributed by atoms with Crippen LogP contribution in [-0.2, 0) is 4.74 Å². The Labute approximate surface area is 93.4 Å². The Hall–Kier alpha value is -0.280. The number of rotatable bonds is 4. The van der Waals surface area contributed by atoms with Crippen molar-refractivity contribution in [1.82, 2.24) is 0 Å². The standard InChI is InChI=1S/C10H12Cl2O2/c1-14-5-4-10(13)7-2-3-8(11)9(12)6-7/h2-3,6,10,13H,4-5H2,1H3. The van der Waals surface area contributed by atoms with Crippen LogP contribution in [0.1, 0.15) is 18.1 Å². The number of benzene rings is 1. The highest BCUT2D eigenvalue weighted by Crippen LogP contribution is 2.26. The van der Waals surface area contributed by atoms with Crippen LogP contribution in [0.4, 0.5) is 0 Å². The van der Waals surface area contributed by atoms with Gasteiger partial charge in [-0.1, -0.05) is 29.3 Å². The Bertz CT molecular complexity index is 302. The van der Waals surface area contributed by atoms with Gasteiger partial charge in [0, 0.05) is 20.1 Å². The van der Waals surface area contributed by atoms with Crippen molar-refractivity contribution >= 4 is 23.2 Å². The fraction of sp³-hybridized carbons (Fsp3) is 0.400. The molecule has 0 saturated carbocycles. The highest BCUT2D eigenvalue weighted by molar-refractivity contribution is 6.42. The summed E-state index contributed by atoms with van der Waals surface area (Å²) in [4.78, 5) is 0. The first-order valence-corrected chi connectivity index (χ1v) is 5.02. The Balaban J connectivity index is 2.70. The number of halogens is 2. The van der Waals surface area contributed by atoms with E-state index >= 15 is 0 Å². The fourth-order valence-electron chi connectivity index (χ4n) is 1.12. The van der Waals surface area contributed by atoms with Crippen LogP contribution in [0.3, 0.4) is 0 Å². The molecular weight excluding hydrogens is 223 g/mol. The van der Waals surface area contributed by atoms with Crippen LogP contribution in [0.15, 0.2) is 18.2 Å². The smallest absolute Gasteiger partial charge is 0.0812 e. The molecule has 1 rings (SSSR count). The molecule has 0 amide bonds. The summed E-state index contributed by atoms with van der Waals surface area (Å²) in [6.07, 6.45) is -0.00113. The third kappa shape index (κ3) is 3.14. The van der Waals surface area contributed by atoms with E-state index in [0.717, 1.165) is 5.56 Å². The van der Waals surface area contributed by atoms with E-state index in [1.807, 2.05) is 0 Å². The SMILES string of the molecule is COCCC(O)c1ccc(Cl)c(Cl)c1. The van der Waals surface area contributed by atoms with E-state index in [1.54, 1.807) is 25.3 Å². The van der Waals surface area contributed by atoms with Gasteiger partial charge < -0.3 is 9.84 Å². The van der Waals surface area contributed by atoms with Gasteiger partial charge in [-0.05, 0) is 17.7 Å². The molecule has 2 nitrogen and oxygen atoms in total. The minimum atomic E-state index is -0.551. The van der Waals surface area contributed by atoms with E-state index in [9.17, 15) is 5.11 Å². The molecule has 1 atom stereocenters. The average molecular weight is 235 g/mol. The van der Waals surface area contributed by atoms with E-state index in [-0.39, 0.29) is 0 Å². The summed E-state index contributed by atoms with van der Waals surface area (Å²) in [6.45, 7) is 0.515. The minimum Gasteiger partial charge on any atom is -0.388 e. The van der Waals surface area contributed by atoms with Gasteiger partial charge in [0.05, 0.1) is 16.1 Å². The maximum atomic E-state index is 9.69.